The third kappa shape index (κ3) is 2.61. The smallest absolute Gasteiger partial charge is 0.160 e. The summed E-state index contributed by atoms with van der Waals surface area (Å²) in [5, 5.41) is 3.40. The van der Waals surface area contributed by atoms with Crippen LogP contribution in [0.2, 0.25) is 0 Å². The predicted molar refractivity (Wildman–Crippen MR) is 122 cm³/mol. The molecule has 0 spiro atoms. The molecule has 4 aromatic carbocycles. The van der Waals surface area contributed by atoms with Gasteiger partial charge in [-0.3, -0.25) is 0 Å². The molecule has 0 N–H and O–H groups in total. The summed E-state index contributed by atoms with van der Waals surface area (Å²) < 4.78 is 7.74. The lowest BCUT2D eigenvalue weighted by Gasteiger charge is -2.08. The summed E-state index contributed by atoms with van der Waals surface area (Å²) in [5.74, 6) is 0.821. The largest absolute Gasteiger partial charge is 0.497 e. The van der Waals surface area contributed by atoms with E-state index in [0.717, 1.165) is 45.4 Å². The van der Waals surface area contributed by atoms with Gasteiger partial charge in [-0.1, -0.05) is 54.6 Å². The molecule has 0 atom stereocenters. The van der Waals surface area contributed by atoms with E-state index < -0.39 is 0 Å². The second-order valence-corrected chi connectivity index (χ2v) is 7.54. The minimum absolute atomic E-state index is 0.737. The molecule has 4 heteroatoms. The first-order valence-corrected chi connectivity index (χ1v) is 10.0. The lowest BCUT2D eigenvalue weighted by molar-refractivity contribution is 0.415. The third-order valence-corrected chi connectivity index (χ3v) is 5.70. The molecule has 0 aliphatic heterocycles. The topological polar surface area (TPSA) is 39.9 Å². The van der Waals surface area contributed by atoms with E-state index in [4.69, 9.17) is 14.7 Å². The Morgan fingerprint density at radius 2 is 1.47 bits per heavy atom. The monoisotopic (exact) mass is 389 g/mol. The van der Waals surface area contributed by atoms with Gasteiger partial charge in [-0.2, -0.15) is 0 Å². The first-order valence-electron chi connectivity index (χ1n) is 10.0. The zero-order chi connectivity index (χ0) is 20.1. The van der Waals surface area contributed by atoms with Crippen molar-refractivity contribution in [3.63, 3.8) is 0 Å². The van der Waals surface area contributed by atoms with Gasteiger partial charge in [0, 0.05) is 11.9 Å². The van der Waals surface area contributed by atoms with Gasteiger partial charge in [0.25, 0.3) is 0 Å². The number of fused-ring (bicyclic) bond motifs is 5. The van der Waals surface area contributed by atoms with Crippen molar-refractivity contribution in [2.24, 2.45) is 0 Å². The normalized spacial score (nSPS) is 11.6. The Balaban J connectivity index is 1.70. The zero-order valence-corrected chi connectivity index (χ0v) is 16.5. The van der Waals surface area contributed by atoms with Gasteiger partial charge < -0.3 is 9.30 Å². The fraction of sp³-hybridized carbons (Fsp3) is 0.0769. The van der Waals surface area contributed by atoms with Gasteiger partial charge >= 0.3 is 0 Å². The van der Waals surface area contributed by atoms with Gasteiger partial charge in [0.1, 0.15) is 11.3 Å². The molecule has 0 amide bonds. The van der Waals surface area contributed by atoms with Gasteiger partial charge in [-0.15, -0.1) is 0 Å². The van der Waals surface area contributed by atoms with E-state index in [-0.39, 0.29) is 0 Å². The molecule has 0 fully saturated rings. The van der Waals surface area contributed by atoms with Crippen LogP contribution in [0.5, 0.6) is 5.75 Å². The second kappa shape index (κ2) is 6.56. The minimum atomic E-state index is 0.737. The van der Waals surface area contributed by atoms with Crippen molar-refractivity contribution in [2.75, 3.05) is 7.11 Å². The molecule has 6 aromatic rings. The molecule has 2 aromatic heterocycles. The molecular formula is C26H19N3O. The fourth-order valence-corrected chi connectivity index (χ4v) is 4.21. The molecule has 4 nitrogen and oxygen atoms in total. The average molecular weight is 389 g/mol. The van der Waals surface area contributed by atoms with Crippen LogP contribution >= 0.6 is 0 Å². The first kappa shape index (κ1) is 17.0. The van der Waals surface area contributed by atoms with Gasteiger partial charge in [-0.05, 0) is 46.7 Å². The molecular weight excluding hydrogens is 370 g/mol. The summed E-state index contributed by atoms with van der Waals surface area (Å²) in [6, 6.07) is 29.2. The summed E-state index contributed by atoms with van der Waals surface area (Å²) in [6.45, 7) is 0.737. The Morgan fingerprint density at radius 1 is 0.767 bits per heavy atom. The molecule has 2 heterocycles. The van der Waals surface area contributed by atoms with E-state index in [9.17, 15) is 0 Å². The number of hydrogen-bond acceptors (Lipinski definition) is 3. The predicted octanol–water partition coefficient (Wildman–Crippen LogP) is 5.95. The number of methoxy groups -OCH3 is 1. The average Bonchev–Trinajstić information content (AvgIpc) is 3.08. The molecule has 6 rings (SSSR count). The Morgan fingerprint density at radius 3 is 2.20 bits per heavy atom. The van der Waals surface area contributed by atoms with Gasteiger partial charge in [0.15, 0.2) is 5.65 Å². The number of nitrogens with zero attached hydrogens (tertiary/aromatic N) is 3. The molecule has 0 bridgehead atoms. The van der Waals surface area contributed by atoms with E-state index in [1.807, 2.05) is 12.1 Å². The molecule has 0 unspecified atom stereocenters. The summed E-state index contributed by atoms with van der Waals surface area (Å²) in [4.78, 5) is 10.1. The molecule has 0 saturated heterocycles. The Hall–Kier alpha value is -3.92. The highest BCUT2D eigenvalue weighted by Gasteiger charge is 2.16. The van der Waals surface area contributed by atoms with Gasteiger partial charge in [0.2, 0.25) is 0 Å². The van der Waals surface area contributed by atoms with Crippen molar-refractivity contribution in [2.45, 2.75) is 6.54 Å². The van der Waals surface area contributed by atoms with Crippen LogP contribution < -0.4 is 4.74 Å². The van der Waals surface area contributed by atoms with Crippen LogP contribution in [0, 0.1) is 0 Å². The Labute approximate surface area is 173 Å². The molecule has 30 heavy (non-hydrogen) atoms. The van der Waals surface area contributed by atoms with Crippen molar-refractivity contribution in [3.05, 3.63) is 90.5 Å². The quantitative estimate of drug-likeness (QED) is 0.351. The van der Waals surface area contributed by atoms with Crippen LogP contribution in [0.3, 0.4) is 0 Å². The van der Waals surface area contributed by atoms with E-state index in [1.54, 1.807) is 7.11 Å². The standard InChI is InChI=1S/C26H19N3O/c1-30-20-11-12-24-21(15-20)25-26(29(24)16-17-7-3-2-4-8-17)28-23-14-19-10-6-5-9-18(19)13-22(23)27-25/h2-15H,16H2,1H3. The van der Waals surface area contributed by atoms with E-state index in [2.05, 4.69) is 77.4 Å². The second-order valence-electron chi connectivity index (χ2n) is 7.54. The van der Waals surface area contributed by atoms with Crippen molar-refractivity contribution < 1.29 is 4.74 Å². The van der Waals surface area contributed by atoms with E-state index in [1.165, 1.54) is 16.3 Å². The molecule has 0 radical (unpaired) electrons. The maximum atomic E-state index is 5.49. The van der Waals surface area contributed by atoms with Crippen LogP contribution in [-0.4, -0.2) is 21.6 Å². The first-order chi connectivity index (χ1) is 14.8. The number of aromatic nitrogens is 3. The summed E-state index contributed by atoms with van der Waals surface area (Å²) >= 11 is 0. The van der Waals surface area contributed by atoms with Crippen LogP contribution in [0.25, 0.3) is 43.9 Å². The molecule has 144 valence electrons. The van der Waals surface area contributed by atoms with E-state index >= 15 is 0 Å². The highest BCUT2D eigenvalue weighted by molar-refractivity contribution is 6.08. The number of rotatable bonds is 3. The number of hydrogen-bond donors (Lipinski definition) is 0. The van der Waals surface area contributed by atoms with Crippen molar-refractivity contribution in [1.82, 2.24) is 14.5 Å². The van der Waals surface area contributed by atoms with Crippen molar-refractivity contribution in [3.8, 4) is 5.75 Å². The summed E-state index contributed by atoms with van der Waals surface area (Å²) in [7, 11) is 1.69. The zero-order valence-electron chi connectivity index (χ0n) is 16.5. The van der Waals surface area contributed by atoms with Crippen LogP contribution in [0.15, 0.2) is 84.9 Å². The number of benzene rings is 4. The van der Waals surface area contributed by atoms with Crippen LogP contribution in [0.1, 0.15) is 5.56 Å². The van der Waals surface area contributed by atoms with Crippen LogP contribution in [-0.2, 0) is 6.54 Å². The van der Waals surface area contributed by atoms with Crippen molar-refractivity contribution in [1.29, 1.82) is 0 Å². The maximum Gasteiger partial charge on any atom is 0.160 e. The SMILES string of the molecule is COc1ccc2c(c1)c1nc3cc4ccccc4cc3nc1n2Cc1ccccc1. The molecule has 0 saturated carbocycles. The maximum absolute atomic E-state index is 5.49. The minimum Gasteiger partial charge on any atom is -0.497 e. The van der Waals surface area contributed by atoms with Crippen molar-refractivity contribution >= 4 is 43.9 Å². The highest BCUT2D eigenvalue weighted by atomic mass is 16.5. The third-order valence-electron chi connectivity index (χ3n) is 5.70. The van der Waals surface area contributed by atoms with Crippen LogP contribution in [0.4, 0.5) is 0 Å². The summed E-state index contributed by atoms with van der Waals surface area (Å²) in [5.41, 5.74) is 5.95. The summed E-state index contributed by atoms with van der Waals surface area (Å²) in [6.07, 6.45) is 0. The molecule has 0 aliphatic carbocycles. The Bertz CT molecular complexity index is 1550. The lowest BCUT2D eigenvalue weighted by Crippen LogP contribution is -2.01. The van der Waals surface area contributed by atoms with Gasteiger partial charge in [0.05, 0.1) is 23.7 Å². The molecule has 0 aliphatic rings. The number of ether oxygens (including phenoxy) is 1. The lowest BCUT2D eigenvalue weighted by atomic mass is 10.1. The highest BCUT2D eigenvalue weighted by Crippen LogP contribution is 2.32. The van der Waals surface area contributed by atoms with Gasteiger partial charge in [-0.25, -0.2) is 9.97 Å². The Kier molecular flexibility index (Phi) is 3.71. The van der Waals surface area contributed by atoms with E-state index in [0.29, 0.717) is 0 Å². The fourth-order valence-electron chi connectivity index (χ4n) is 4.21.